The van der Waals surface area contributed by atoms with Gasteiger partial charge in [-0.15, -0.1) is 0 Å². The van der Waals surface area contributed by atoms with Crippen LogP contribution < -0.4 is 5.32 Å². The lowest BCUT2D eigenvalue weighted by Gasteiger charge is -2.19. The van der Waals surface area contributed by atoms with Crippen molar-refractivity contribution in [3.8, 4) is 5.75 Å². The largest absolute Gasteiger partial charge is 0.505 e. The maximum atomic E-state index is 11.9. The number of amides is 1. The molecule has 0 spiro atoms. The third kappa shape index (κ3) is 2.40. The molecule has 1 heterocycles. The smallest absolute Gasteiger partial charge is 0.273 e. The van der Waals surface area contributed by atoms with Crippen molar-refractivity contribution in [2.24, 2.45) is 11.8 Å². The number of carbonyl (C=O) groups excluding carboxylic acids is 1. The topological polar surface area (TPSA) is 62.2 Å². The van der Waals surface area contributed by atoms with Crippen molar-refractivity contribution in [1.82, 2.24) is 10.3 Å². The number of rotatable bonds is 2. The highest BCUT2D eigenvalue weighted by Gasteiger charge is 2.31. The van der Waals surface area contributed by atoms with E-state index in [4.69, 9.17) is 0 Å². The highest BCUT2D eigenvalue weighted by molar-refractivity contribution is 5.94. The molecule has 1 aromatic rings. The van der Waals surface area contributed by atoms with E-state index in [2.05, 4.69) is 24.1 Å². The van der Waals surface area contributed by atoms with Gasteiger partial charge in [-0.25, -0.2) is 4.98 Å². The quantitative estimate of drug-likeness (QED) is 0.822. The molecular weight excluding hydrogens is 216 g/mol. The van der Waals surface area contributed by atoms with E-state index in [9.17, 15) is 9.90 Å². The summed E-state index contributed by atoms with van der Waals surface area (Å²) in [7, 11) is 0. The van der Waals surface area contributed by atoms with Gasteiger partial charge in [0.05, 0.1) is 0 Å². The molecule has 1 fully saturated rings. The fraction of sp³-hybridized carbons (Fsp3) is 0.538. The fourth-order valence-electron chi connectivity index (χ4n) is 2.38. The molecule has 1 aromatic heterocycles. The highest BCUT2D eigenvalue weighted by Crippen LogP contribution is 2.31. The van der Waals surface area contributed by atoms with Gasteiger partial charge in [-0.2, -0.15) is 0 Å². The van der Waals surface area contributed by atoms with Crippen LogP contribution in [0.2, 0.25) is 0 Å². The Morgan fingerprint density at radius 2 is 2.24 bits per heavy atom. The molecule has 1 aliphatic carbocycles. The summed E-state index contributed by atoms with van der Waals surface area (Å²) in [6.07, 6.45) is 3.65. The zero-order chi connectivity index (χ0) is 12.4. The fourth-order valence-corrected chi connectivity index (χ4v) is 2.38. The van der Waals surface area contributed by atoms with Crippen LogP contribution in [0.1, 0.15) is 37.2 Å². The lowest BCUT2D eigenvalue weighted by Crippen LogP contribution is -2.37. The Balaban J connectivity index is 2.05. The second-order valence-electron chi connectivity index (χ2n) is 4.86. The summed E-state index contributed by atoms with van der Waals surface area (Å²) in [5.41, 5.74) is 0.110. The molecule has 92 valence electrons. The van der Waals surface area contributed by atoms with Crippen LogP contribution in [0.3, 0.4) is 0 Å². The van der Waals surface area contributed by atoms with Crippen molar-refractivity contribution in [2.45, 2.75) is 32.7 Å². The Kier molecular flexibility index (Phi) is 3.31. The van der Waals surface area contributed by atoms with Gasteiger partial charge in [-0.1, -0.05) is 13.8 Å². The molecule has 0 saturated heterocycles. The summed E-state index contributed by atoms with van der Waals surface area (Å²) in [5.74, 6) is 0.764. The minimum absolute atomic E-state index is 0.0660. The van der Waals surface area contributed by atoms with Gasteiger partial charge in [-0.05, 0) is 36.8 Å². The highest BCUT2D eigenvalue weighted by atomic mass is 16.3. The normalized spacial score (nSPS) is 28.0. The zero-order valence-electron chi connectivity index (χ0n) is 10.2. The van der Waals surface area contributed by atoms with Crippen molar-refractivity contribution in [1.29, 1.82) is 0 Å². The van der Waals surface area contributed by atoms with Crippen molar-refractivity contribution >= 4 is 5.91 Å². The van der Waals surface area contributed by atoms with E-state index in [0.29, 0.717) is 11.8 Å². The molecule has 1 saturated carbocycles. The first-order chi connectivity index (χ1) is 8.09. The van der Waals surface area contributed by atoms with Gasteiger partial charge in [-0.3, -0.25) is 4.79 Å². The van der Waals surface area contributed by atoms with E-state index in [1.54, 1.807) is 6.07 Å². The van der Waals surface area contributed by atoms with E-state index in [1.165, 1.54) is 12.3 Å². The monoisotopic (exact) mass is 234 g/mol. The standard InChI is InChI=1S/C13H18N2O2/c1-8-5-6-10(9(8)2)15-13(17)12-11(16)4-3-7-14-12/h3-4,7-10,16H,5-6H2,1-2H3,(H,15,17). The molecular formula is C13H18N2O2. The molecule has 0 aromatic carbocycles. The summed E-state index contributed by atoms with van der Waals surface area (Å²) in [6.45, 7) is 4.36. The molecule has 0 radical (unpaired) electrons. The van der Waals surface area contributed by atoms with Crippen LogP contribution in [0.5, 0.6) is 5.75 Å². The molecule has 3 unspecified atom stereocenters. The van der Waals surface area contributed by atoms with Gasteiger partial charge in [0.25, 0.3) is 5.91 Å². The van der Waals surface area contributed by atoms with E-state index in [-0.39, 0.29) is 23.4 Å². The Hall–Kier alpha value is -1.58. The van der Waals surface area contributed by atoms with Gasteiger partial charge in [0, 0.05) is 12.2 Å². The molecule has 0 aliphatic heterocycles. The third-order valence-electron chi connectivity index (χ3n) is 3.78. The van der Waals surface area contributed by atoms with Gasteiger partial charge >= 0.3 is 0 Å². The van der Waals surface area contributed by atoms with Crippen LogP contribution >= 0.6 is 0 Å². The number of hydrogen-bond donors (Lipinski definition) is 2. The Morgan fingerprint density at radius 1 is 1.47 bits per heavy atom. The zero-order valence-corrected chi connectivity index (χ0v) is 10.2. The van der Waals surface area contributed by atoms with E-state index in [0.717, 1.165) is 12.8 Å². The maximum Gasteiger partial charge on any atom is 0.273 e. The van der Waals surface area contributed by atoms with Crippen molar-refractivity contribution in [3.63, 3.8) is 0 Å². The molecule has 3 atom stereocenters. The lowest BCUT2D eigenvalue weighted by molar-refractivity contribution is 0.0919. The van der Waals surface area contributed by atoms with E-state index < -0.39 is 0 Å². The van der Waals surface area contributed by atoms with Crippen LogP contribution in [0, 0.1) is 11.8 Å². The molecule has 0 bridgehead atoms. The van der Waals surface area contributed by atoms with Crippen LogP contribution in [-0.2, 0) is 0 Å². The minimum Gasteiger partial charge on any atom is -0.505 e. The molecule has 1 aliphatic rings. The molecule has 17 heavy (non-hydrogen) atoms. The van der Waals surface area contributed by atoms with Crippen molar-refractivity contribution in [3.05, 3.63) is 24.0 Å². The Morgan fingerprint density at radius 3 is 2.82 bits per heavy atom. The first-order valence-electron chi connectivity index (χ1n) is 6.04. The second kappa shape index (κ2) is 4.73. The van der Waals surface area contributed by atoms with Crippen LogP contribution in [-0.4, -0.2) is 22.0 Å². The summed E-state index contributed by atoms with van der Waals surface area (Å²) < 4.78 is 0. The molecule has 2 N–H and O–H groups in total. The average Bonchev–Trinajstić information content (AvgIpc) is 2.61. The number of pyridine rings is 1. The minimum atomic E-state index is -0.283. The maximum absolute atomic E-state index is 11.9. The Labute approximate surface area is 101 Å². The lowest BCUT2D eigenvalue weighted by atomic mass is 9.98. The number of carbonyl (C=O) groups is 1. The van der Waals surface area contributed by atoms with Crippen LogP contribution in [0.15, 0.2) is 18.3 Å². The van der Waals surface area contributed by atoms with Gasteiger partial charge in [0.1, 0.15) is 5.75 Å². The first kappa shape index (κ1) is 11.9. The summed E-state index contributed by atoms with van der Waals surface area (Å²) >= 11 is 0. The molecule has 4 nitrogen and oxygen atoms in total. The number of nitrogens with zero attached hydrogens (tertiary/aromatic N) is 1. The SMILES string of the molecule is CC1CCC(NC(=O)c2ncccc2O)C1C. The average molecular weight is 234 g/mol. The summed E-state index contributed by atoms with van der Waals surface area (Å²) in [5, 5.41) is 12.5. The van der Waals surface area contributed by atoms with Gasteiger partial charge in [0.15, 0.2) is 5.69 Å². The van der Waals surface area contributed by atoms with Crippen molar-refractivity contribution in [2.75, 3.05) is 0 Å². The molecule has 2 rings (SSSR count). The van der Waals surface area contributed by atoms with Crippen molar-refractivity contribution < 1.29 is 9.90 Å². The molecule has 1 amide bonds. The van der Waals surface area contributed by atoms with Crippen LogP contribution in [0.4, 0.5) is 0 Å². The van der Waals surface area contributed by atoms with Gasteiger partial charge < -0.3 is 10.4 Å². The predicted molar refractivity (Wildman–Crippen MR) is 64.7 cm³/mol. The van der Waals surface area contributed by atoms with Crippen LogP contribution in [0.25, 0.3) is 0 Å². The summed E-state index contributed by atoms with van der Waals surface area (Å²) in [6, 6.07) is 3.27. The van der Waals surface area contributed by atoms with E-state index in [1.807, 2.05) is 0 Å². The summed E-state index contributed by atoms with van der Waals surface area (Å²) in [4.78, 5) is 15.8. The Bertz CT molecular complexity index is 420. The van der Waals surface area contributed by atoms with E-state index >= 15 is 0 Å². The second-order valence-corrected chi connectivity index (χ2v) is 4.86. The number of nitrogens with one attached hydrogen (secondary N) is 1. The molecule has 4 heteroatoms. The number of hydrogen-bond acceptors (Lipinski definition) is 3. The first-order valence-corrected chi connectivity index (χ1v) is 6.04. The third-order valence-corrected chi connectivity index (χ3v) is 3.78. The number of aromatic hydroxyl groups is 1. The van der Waals surface area contributed by atoms with Gasteiger partial charge in [0.2, 0.25) is 0 Å². The predicted octanol–water partition coefficient (Wildman–Crippen LogP) is 1.95. The number of aromatic nitrogens is 1.